The van der Waals surface area contributed by atoms with E-state index in [2.05, 4.69) is 33.1 Å². The van der Waals surface area contributed by atoms with Crippen LogP contribution in [0.3, 0.4) is 0 Å². The Morgan fingerprint density at radius 3 is 2.33 bits per heavy atom. The molecular formula is C27H29N5OS3. The van der Waals surface area contributed by atoms with Crippen molar-refractivity contribution in [2.45, 2.75) is 26.7 Å². The Hall–Kier alpha value is -2.88. The van der Waals surface area contributed by atoms with Crippen LogP contribution >= 0.6 is 34.9 Å². The number of rotatable bonds is 6. The molecule has 1 N–H and O–H groups in total. The number of piperidine rings is 1. The number of fused-ring (bicyclic) bond motifs is 1. The first-order valence-electron chi connectivity index (χ1n) is 12.3. The number of likely N-dealkylation sites (tertiary alicyclic amines) is 1. The van der Waals surface area contributed by atoms with Crippen LogP contribution in [0.25, 0.3) is 32.2 Å². The van der Waals surface area contributed by atoms with E-state index in [1.807, 2.05) is 49.1 Å². The molecule has 1 amide bonds. The second kappa shape index (κ2) is 11.0. The molecule has 0 unspecified atom stereocenters. The molecule has 0 radical (unpaired) electrons. The number of hydrogen-bond donors (Lipinski definition) is 1. The quantitative estimate of drug-likeness (QED) is 0.290. The summed E-state index contributed by atoms with van der Waals surface area (Å²) in [6.07, 6.45) is 1.87. The number of thiocarbonyl (C=S) groups is 1. The van der Waals surface area contributed by atoms with E-state index in [0.29, 0.717) is 11.7 Å². The van der Waals surface area contributed by atoms with Gasteiger partial charge in [0.2, 0.25) is 5.91 Å². The smallest absolute Gasteiger partial charge is 0.227 e. The van der Waals surface area contributed by atoms with Gasteiger partial charge in [-0.05, 0) is 80.0 Å². The van der Waals surface area contributed by atoms with Crippen LogP contribution in [0.4, 0.5) is 5.69 Å². The van der Waals surface area contributed by atoms with E-state index in [1.54, 1.807) is 22.7 Å². The standard InChI is InChI=1S/C27H29N5OS3/c1-3-31(4-2)26(33)18-8-5-13-32(17-18)27(34)28-19-11-12-20-21(16-19)30-25(23-10-7-15-36-23)24(29-20)22-9-6-14-35-22/h6-7,9-12,14-16,18H,3-5,8,13,17H2,1-2H3,(H,28,34)/t18-/m0/s1. The van der Waals surface area contributed by atoms with Crippen LogP contribution in [-0.4, -0.2) is 57.0 Å². The summed E-state index contributed by atoms with van der Waals surface area (Å²) in [7, 11) is 0. The Kier molecular flexibility index (Phi) is 7.59. The third kappa shape index (κ3) is 5.14. The lowest BCUT2D eigenvalue weighted by atomic mass is 9.96. The summed E-state index contributed by atoms with van der Waals surface area (Å²) in [5.74, 6) is 0.223. The van der Waals surface area contributed by atoms with Crippen LogP contribution in [0.2, 0.25) is 0 Å². The average molecular weight is 536 g/mol. The first kappa shape index (κ1) is 24.8. The SMILES string of the molecule is CCN(CC)C(=O)[C@H]1CCCN(C(=S)Nc2ccc3nc(-c4cccs4)c(-c4cccs4)nc3c2)C1. The van der Waals surface area contributed by atoms with Crippen LogP contribution in [0.15, 0.2) is 53.2 Å². The Bertz CT molecular complexity index is 1350. The highest BCUT2D eigenvalue weighted by molar-refractivity contribution is 7.80. The number of carbonyl (C=O) groups is 1. The number of amides is 1. The molecule has 4 heterocycles. The summed E-state index contributed by atoms with van der Waals surface area (Å²) < 4.78 is 0. The van der Waals surface area contributed by atoms with E-state index < -0.39 is 0 Å². The third-order valence-corrected chi connectivity index (χ3v) is 8.67. The Balaban J connectivity index is 1.38. The van der Waals surface area contributed by atoms with Crippen molar-refractivity contribution in [3.63, 3.8) is 0 Å². The van der Waals surface area contributed by atoms with Gasteiger partial charge < -0.3 is 15.1 Å². The van der Waals surface area contributed by atoms with Crippen molar-refractivity contribution in [3.8, 4) is 21.1 Å². The maximum Gasteiger partial charge on any atom is 0.227 e. The first-order valence-corrected chi connectivity index (χ1v) is 14.5. The number of aromatic nitrogens is 2. The molecular weight excluding hydrogens is 507 g/mol. The van der Waals surface area contributed by atoms with Crippen molar-refractivity contribution < 1.29 is 4.79 Å². The van der Waals surface area contributed by atoms with Crippen LogP contribution in [0.1, 0.15) is 26.7 Å². The van der Waals surface area contributed by atoms with Crippen molar-refractivity contribution in [1.82, 2.24) is 19.8 Å². The van der Waals surface area contributed by atoms with Crippen molar-refractivity contribution >= 4 is 62.6 Å². The van der Waals surface area contributed by atoms with Crippen LogP contribution in [-0.2, 0) is 4.79 Å². The van der Waals surface area contributed by atoms with Gasteiger partial charge in [0.15, 0.2) is 5.11 Å². The molecule has 1 saturated heterocycles. The Morgan fingerprint density at radius 1 is 1.06 bits per heavy atom. The van der Waals surface area contributed by atoms with Gasteiger partial charge in [-0.15, -0.1) is 22.7 Å². The number of nitrogens with zero attached hydrogens (tertiary/aromatic N) is 4. The predicted octanol–water partition coefficient (Wildman–Crippen LogP) is 6.36. The number of carbonyl (C=O) groups excluding carboxylic acids is 1. The third-order valence-electron chi connectivity index (χ3n) is 6.56. The van der Waals surface area contributed by atoms with Crippen molar-refractivity contribution in [3.05, 3.63) is 53.2 Å². The van der Waals surface area contributed by atoms with Crippen LogP contribution < -0.4 is 5.32 Å². The minimum atomic E-state index is -0.00935. The fourth-order valence-electron chi connectivity index (χ4n) is 4.66. The van der Waals surface area contributed by atoms with Gasteiger partial charge in [-0.25, -0.2) is 9.97 Å². The zero-order valence-corrected chi connectivity index (χ0v) is 22.9. The van der Waals surface area contributed by atoms with Crippen LogP contribution in [0, 0.1) is 5.92 Å². The minimum absolute atomic E-state index is 0.00935. The maximum atomic E-state index is 12.9. The molecule has 186 valence electrons. The van der Waals surface area contributed by atoms with E-state index in [4.69, 9.17) is 22.2 Å². The fourth-order valence-corrected chi connectivity index (χ4v) is 6.37. The predicted molar refractivity (Wildman–Crippen MR) is 155 cm³/mol. The van der Waals surface area contributed by atoms with Gasteiger partial charge in [-0.2, -0.15) is 0 Å². The molecule has 1 atom stereocenters. The van der Waals surface area contributed by atoms with Gasteiger partial charge in [0.25, 0.3) is 0 Å². The second-order valence-corrected chi connectivity index (χ2v) is 11.1. The number of hydrogen-bond acceptors (Lipinski definition) is 6. The fraction of sp³-hybridized carbons (Fsp3) is 0.333. The second-order valence-electron chi connectivity index (χ2n) is 8.80. The normalized spacial score (nSPS) is 15.7. The number of nitrogens with one attached hydrogen (secondary N) is 1. The Labute approximate surface area is 225 Å². The van der Waals surface area contributed by atoms with Gasteiger partial charge in [-0.3, -0.25) is 4.79 Å². The van der Waals surface area contributed by atoms with E-state index in [0.717, 1.165) is 70.3 Å². The van der Waals surface area contributed by atoms with Crippen LogP contribution in [0.5, 0.6) is 0 Å². The molecule has 3 aromatic heterocycles. The molecule has 1 aliphatic rings. The molecule has 0 saturated carbocycles. The monoisotopic (exact) mass is 535 g/mol. The number of anilines is 1. The highest BCUT2D eigenvalue weighted by Gasteiger charge is 2.29. The number of benzene rings is 1. The molecule has 1 fully saturated rings. The van der Waals surface area contributed by atoms with Crippen molar-refractivity contribution in [1.29, 1.82) is 0 Å². The highest BCUT2D eigenvalue weighted by Crippen LogP contribution is 2.36. The number of thiophene rings is 2. The minimum Gasteiger partial charge on any atom is -0.348 e. The Morgan fingerprint density at radius 2 is 1.72 bits per heavy atom. The van der Waals surface area contributed by atoms with Gasteiger partial charge in [0.05, 0.1) is 26.7 Å². The van der Waals surface area contributed by atoms with Gasteiger partial charge in [0.1, 0.15) is 11.4 Å². The first-order chi connectivity index (χ1) is 17.6. The van der Waals surface area contributed by atoms with Crippen molar-refractivity contribution in [2.24, 2.45) is 5.92 Å². The summed E-state index contributed by atoms with van der Waals surface area (Å²) in [6.45, 7) is 7.06. The van der Waals surface area contributed by atoms with E-state index in [-0.39, 0.29) is 11.8 Å². The topological polar surface area (TPSA) is 61.4 Å². The lowest BCUT2D eigenvalue weighted by molar-refractivity contribution is -0.136. The average Bonchev–Trinajstić information content (AvgIpc) is 3.63. The molecule has 6 nitrogen and oxygen atoms in total. The lowest BCUT2D eigenvalue weighted by Crippen LogP contribution is -2.47. The largest absolute Gasteiger partial charge is 0.348 e. The molecule has 1 aliphatic heterocycles. The lowest BCUT2D eigenvalue weighted by Gasteiger charge is -2.36. The summed E-state index contributed by atoms with van der Waals surface area (Å²) in [5, 5.41) is 8.16. The summed E-state index contributed by atoms with van der Waals surface area (Å²) >= 11 is 9.10. The van der Waals surface area contributed by atoms with E-state index in [9.17, 15) is 4.79 Å². The van der Waals surface area contributed by atoms with Gasteiger partial charge in [-0.1, -0.05) is 12.1 Å². The highest BCUT2D eigenvalue weighted by atomic mass is 32.1. The molecule has 5 rings (SSSR count). The summed E-state index contributed by atoms with van der Waals surface area (Å²) in [6, 6.07) is 14.2. The van der Waals surface area contributed by atoms with E-state index >= 15 is 0 Å². The molecule has 0 bridgehead atoms. The van der Waals surface area contributed by atoms with E-state index in [1.165, 1.54) is 0 Å². The molecule has 36 heavy (non-hydrogen) atoms. The maximum absolute atomic E-state index is 12.9. The zero-order valence-electron chi connectivity index (χ0n) is 20.4. The molecule has 0 aliphatic carbocycles. The molecule has 1 aromatic carbocycles. The van der Waals surface area contributed by atoms with Gasteiger partial charge >= 0.3 is 0 Å². The van der Waals surface area contributed by atoms with Gasteiger partial charge in [0, 0.05) is 31.9 Å². The molecule has 9 heteroatoms. The summed E-state index contributed by atoms with van der Waals surface area (Å²) in [4.78, 5) is 29.2. The van der Waals surface area contributed by atoms with Crippen molar-refractivity contribution in [2.75, 3.05) is 31.5 Å². The molecule has 4 aromatic rings. The molecule has 0 spiro atoms. The zero-order chi connectivity index (χ0) is 25.1. The summed E-state index contributed by atoms with van der Waals surface area (Å²) in [5.41, 5.74) is 4.35.